The molecule has 0 radical (unpaired) electrons. The van der Waals surface area contributed by atoms with E-state index in [4.69, 9.17) is 16.3 Å². The molecule has 104 valence electrons. The zero-order valence-electron chi connectivity index (χ0n) is 11.2. The number of carbonyl (C=O) groups is 1. The van der Waals surface area contributed by atoms with E-state index in [0.717, 1.165) is 5.56 Å². The monoisotopic (exact) mass is 283 g/mol. The van der Waals surface area contributed by atoms with Crippen LogP contribution in [-0.2, 0) is 16.0 Å². The van der Waals surface area contributed by atoms with Crippen LogP contribution in [0.5, 0.6) is 0 Å². The van der Waals surface area contributed by atoms with Crippen LogP contribution in [0, 0.1) is 0 Å². The molecular formula is C13H19BClNO3. The maximum Gasteiger partial charge on any atom is 0.373 e. The van der Waals surface area contributed by atoms with E-state index in [9.17, 15) is 9.82 Å². The van der Waals surface area contributed by atoms with Crippen LogP contribution >= 0.6 is 11.6 Å². The fraction of sp³-hybridized carbons (Fsp3) is 0.462. The maximum absolute atomic E-state index is 11.1. The lowest BCUT2D eigenvalue weighted by atomic mass is 9.85. The number of hydrogen-bond acceptors (Lipinski definition) is 4. The minimum Gasteiger partial charge on any atom is -0.460 e. The van der Waals surface area contributed by atoms with Crippen LogP contribution in [0.2, 0.25) is 6.82 Å². The summed E-state index contributed by atoms with van der Waals surface area (Å²) >= 11 is 5.86. The highest BCUT2D eigenvalue weighted by molar-refractivity contribution is 6.45. The Morgan fingerprint density at radius 3 is 2.58 bits per heavy atom. The number of esters is 1. The summed E-state index contributed by atoms with van der Waals surface area (Å²) in [6.07, 6.45) is 0.144. The normalized spacial score (nSPS) is 13.7. The molecule has 0 fully saturated rings. The Morgan fingerprint density at radius 2 is 2.11 bits per heavy atom. The fourth-order valence-electron chi connectivity index (χ4n) is 1.91. The zero-order chi connectivity index (χ0) is 14.3. The molecule has 1 rings (SSSR count). The Labute approximate surface area is 119 Å². The van der Waals surface area contributed by atoms with Gasteiger partial charge in [0.15, 0.2) is 0 Å². The first-order valence-corrected chi connectivity index (χ1v) is 6.77. The maximum atomic E-state index is 11.1. The summed E-state index contributed by atoms with van der Waals surface area (Å²) in [7, 11) is -0.699. The van der Waals surface area contributed by atoms with Crippen LogP contribution in [0.4, 0.5) is 0 Å². The predicted octanol–water partition coefficient (Wildman–Crippen LogP) is 1.47. The summed E-state index contributed by atoms with van der Waals surface area (Å²) in [5, 5.41) is 12.5. The highest BCUT2D eigenvalue weighted by atomic mass is 35.5. The minimum absolute atomic E-state index is 0.177. The highest BCUT2D eigenvalue weighted by Gasteiger charge is 2.25. The van der Waals surface area contributed by atoms with Gasteiger partial charge in [0.25, 0.3) is 0 Å². The number of alkyl halides is 1. The van der Waals surface area contributed by atoms with Gasteiger partial charge in [-0.2, -0.15) is 0 Å². The second kappa shape index (κ2) is 8.20. The van der Waals surface area contributed by atoms with Crippen molar-refractivity contribution in [3.63, 3.8) is 0 Å². The van der Waals surface area contributed by atoms with Gasteiger partial charge < -0.3 is 15.0 Å². The van der Waals surface area contributed by atoms with Gasteiger partial charge in [-0.15, -0.1) is 11.6 Å². The molecule has 4 nitrogen and oxygen atoms in total. The average molecular weight is 284 g/mol. The van der Waals surface area contributed by atoms with Crippen molar-refractivity contribution in [2.45, 2.75) is 32.3 Å². The molecule has 0 aliphatic carbocycles. The lowest BCUT2D eigenvalue weighted by Gasteiger charge is -2.27. The third-order valence-electron chi connectivity index (χ3n) is 2.67. The fourth-order valence-corrected chi connectivity index (χ4v) is 2.19. The summed E-state index contributed by atoms with van der Waals surface area (Å²) in [6, 6.07) is 9.55. The first-order valence-electron chi connectivity index (χ1n) is 6.24. The van der Waals surface area contributed by atoms with Gasteiger partial charge in [-0.05, 0) is 18.8 Å². The molecule has 0 amide bonds. The molecular weight excluding hydrogens is 264 g/mol. The van der Waals surface area contributed by atoms with Crippen molar-refractivity contribution in [3.05, 3.63) is 35.9 Å². The molecule has 2 atom stereocenters. The number of halogens is 1. The zero-order valence-corrected chi connectivity index (χ0v) is 11.9. The van der Waals surface area contributed by atoms with Crippen molar-refractivity contribution in [2.75, 3.05) is 5.88 Å². The summed E-state index contributed by atoms with van der Waals surface area (Å²) in [4.78, 5) is 11.1. The van der Waals surface area contributed by atoms with Gasteiger partial charge in [-0.3, -0.25) is 4.79 Å². The van der Waals surface area contributed by atoms with Gasteiger partial charge in [-0.1, -0.05) is 30.3 Å². The van der Waals surface area contributed by atoms with Crippen molar-refractivity contribution >= 4 is 24.6 Å². The third kappa shape index (κ3) is 6.10. The molecule has 1 aromatic carbocycles. The van der Waals surface area contributed by atoms with Gasteiger partial charge in [0.05, 0.1) is 5.88 Å². The Kier molecular flexibility index (Phi) is 6.91. The van der Waals surface area contributed by atoms with Crippen molar-refractivity contribution < 1.29 is 14.6 Å². The first-order chi connectivity index (χ1) is 9.02. The van der Waals surface area contributed by atoms with Crippen LogP contribution in [0.15, 0.2) is 30.3 Å². The molecule has 0 spiro atoms. The van der Waals surface area contributed by atoms with Crippen molar-refractivity contribution in [2.24, 2.45) is 0 Å². The molecule has 19 heavy (non-hydrogen) atoms. The topological polar surface area (TPSA) is 58.6 Å². The molecule has 0 saturated carbocycles. The van der Waals surface area contributed by atoms with E-state index in [-0.39, 0.29) is 17.9 Å². The van der Waals surface area contributed by atoms with E-state index in [0.29, 0.717) is 6.42 Å². The second-order valence-electron chi connectivity index (χ2n) is 4.44. The molecule has 6 heteroatoms. The van der Waals surface area contributed by atoms with Crippen LogP contribution < -0.4 is 5.23 Å². The van der Waals surface area contributed by atoms with E-state index < -0.39 is 13.2 Å². The van der Waals surface area contributed by atoms with Gasteiger partial charge in [0.2, 0.25) is 0 Å². The molecule has 0 heterocycles. The van der Waals surface area contributed by atoms with E-state index in [1.807, 2.05) is 30.3 Å². The van der Waals surface area contributed by atoms with E-state index >= 15 is 0 Å². The lowest BCUT2D eigenvalue weighted by Crippen LogP contribution is -2.50. The number of nitrogens with one attached hydrogen (secondary N) is 1. The third-order valence-corrected chi connectivity index (χ3v) is 2.98. The molecule has 1 aromatic rings. The van der Waals surface area contributed by atoms with Crippen molar-refractivity contribution in [1.82, 2.24) is 5.23 Å². The molecule has 0 aliphatic rings. The van der Waals surface area contributed by atoms with Crippen molar-refractivity contribution in [1.29, 1.82) is 0 Å². The number of hydrogen-bond donors (Lipinski definition) is 2. The SMILES string of the molecule is CB(O)N[C@@H](Cc1ccccc1)[C@H](CCl)OC(C)=O. The molecule has 0 unspecified atom stereocenters. The van der Waals surface area contributed by atoms with Crippen molar-refractivity contribution in [3.8, 4) is 0 Å². The van der Waals surface area contributed by atoms with Gasteiger partial charge in [0, 0.05) is 13.0 Å². The molecule has 2 N–H and O–H groups in total. The molecule has 0 saturated heterocycles. The highest BCUT2D eigenvalue weighted by Crippen LogP contribution is 2.11. The largest absolute Gasteiger partial charge is 0.460 e. The average Bonchev–Trinajstić information content (AvgIpc) is 2.35. The van der Waals surface area contributed by atoms with Crippen LogP contribution in [-0.4, -0.2) is 36.1 Å². The number of benzene rings is 1. The van der Waals surface area contributed by atoms with E-state index in [1.165, 1.54) is 6.92 Å². The Bertz CT molecular complexity index is 389. The molecule has 0 bridgehead atoms. The van der Waals surface area contributed by atoms with Gasteiger partial charge in [-0.25, -0.2) is 0 Å². The first kappa shape index (κ1) is 16.0. The Hall–Kier alpha value is -1.04. The Balaban J connectivity index is 2.77. The summed E-state index contributed by atoms with van der Waals surface area (Å²) < 4.78 is 5.19. The van der Waals surface area contributed by atoms with E-state index in [1.54, 1.807) is 6.82 Å². The lowest BCUT2D eigenvalue weighted by molar-refractivity contribution is -0.146. The number of ether oxygens (including phenoxy) is 1. The van der Waals surface area contributed by atoms with Crippen LogP contribution in [0.1, 0.15) is 12.5 Å². The Morgan fingerprint density at radius 1 is 1.47 bits per heavy atom. The number of rotatable bonds is 7. The van der Waals surface area contributed by atoms with Crippen LogP contribution in [0.3, 0.4) is 0 Å². The number of carbonyl (C=O) groups excluding carboxylic acids is 1. The summed E-state index contributed by atoms with van der Waals surface area (Å²) in [6.45, 7) is 2.97. The summed E-state index contributed by atoms with van der Waals surface area (Å²) in [5.41, 5.74) is 1.09. The minimum atomic E-state index is -0.699. The van der Waals surface area contributed by atoms with Crippen LogP contribution in [0.25, 0.3) is 0 Å². The smallest absolute Gasteiger partial charge is 0.373 e. The predicted molar refractivity (Wildman–Crippen MR) is 77.2 cm³/mol. The quantitative estimate of drug-likeness (QED) is 0.452. The summed E-state index contributed by atoms with van der Waals surface area (Å²) in [5.74, 6) is -0.201. The van der Waals surface area contributed by atoms with Gasteiger partial charge >= 0.3 is 13.0 Å². The molecule has 0 aromatic heterocycles. The second-order valence-corrected chi connectivity index (χ2v) is 4.75. The molecule has 0 aliphatic heterocycles. The van der Waals surface area contributed by atoms with E-state index in [2.05, 4.69) is 5.23 Å². The van der Waals surface area contributed by atoms with Gasteiger partial charge in [0.1, 0.15) is 6.10 Å². The standard InChI is InChI=1S/C13H19BClNO3/c1-10(17)19-13(9-15)12(16-14(2)18)8-11-6-4-3-5-7-11/h3-7,12-13,16,18H,8-9H2,1-2H3/t12-,13-/m0/s1.